The minimum absolute atomic E-state index is 0.282. The lowest BCUT2D eigenvalue weighted by Gasteiger charge is -2.25. The second kappa shape index (κ2) is 7.09. The molecule has 0 spiro atoms. The number of nitrogens with zero attached hydrogens (tertiary/aromatic N) is 1. The molecule has 0 saturated heterocycles. The van der Waals surface area contributed by atoms with E-state index in [0.29, 0.717) is 12.1 Å². The molecule has 3 heteroatoms. The average molecular weight is 276 g/mol. The van der Waals surface area contributed by atoms with Crippen molar-refractivity contribution in [1.29, 1.82) is 0 Å². The highest BCUT2D eigenvalue weighted by molar-refractivity contribution is 5.46. The van der Waals surface area contributed by atoms with Crippen LogP contribution in [-0.2, 0) is 0 Å². The molecule has 0 radical (unpaired) electrons. The van der Waals surface area contributed by atoms with Gasteiger partial charge in [0.2, 0.25) is 0 Å². The first-order valence-corrected chi connectivity index (χ1v) is 7.80. The van der Waals surface area contributed by atoms with Gasteiger partial charge in [-0.1, -0.05) is 19.1 Å². The lowest BCUT2D eigenvalue weighted by Crippen LogP contribution is -2.35. The molecule has 1 fully saturated rings. The highest BCUT2D eigenvalue weighted by atomic mass is 16.3. The van der Waals surface area contributed by atoms with Gasteiger partial charge in [0, 0.05) is 38.5 Å². The van der Waals surface area contributed by atoms with Crippen LogP contribution in [0, 0.1) is 5.92 Å². The Morgan fingerprint density at radius 3 is 2.35 bits per heavy atom. The fourth-order valence-electron chi connectivity index (χ4n) is 2.81. The maximum atomic E-state index is 9.22. The number of aliphatic hydroxyl groups is 1. The Morgan fingerprint density at radius 1 is 1.25 bits per heavy atom. The van der Waals surface area contributed by atoms with Crippen molar-refractivity contribution >= 4 is 5.69 Å². The molecule has 112 valence electrons. The number of nitrogens with one attached hydrogen (secondary N) is 1. The molecule has 1 aromatic carbocycles. The molecule has 3 nitrogen and oxygen atoms in total. The first kappa shape index (κ1) is 15.3. The van der Waals surface area contributed by atoms with Gasteiger partial charge in [0.1, 0.15) is 0 Å². The Labute approximate surface area is 123 Å². The molecule has 20 heavy (non-hydrogen) atoms. The number of hydrogen-bond acceptors (Lipinski definition) is 3. The molecule has 1 aromatic rings. The van der Waals surface area contributed by atoms with E-state index in [2.05, 4.69) is 55.5 Å². The molecular formula is C17H28N2O. The Hall–Kier alpha value is -1.06. The second-order valence-corrected chi connectivity index (χ2v) is 6.07. The number of anilines is 1. The van der Waals surface area contributed by atoms with Gasteiger partial charge in [-0.2, -0.15) is 0 Å². The quantitative estimate of drug-likeness (QED) is 0.766. The summed E-state index contributed by atoms with van der Waals surface area (Å²) in [6.07, 6.45) is 4.58. The van der Waals surface area contributed by atoms with Gasteiger partial charge < -0.3 is 15.3 Å². The largest absolute Gasteiger partial charge is 0.396 e. The van der Waals surface area contributed by atoms with E-state index in [4.69, 9.17) is 0 Å². The smallest absolute Gasteiger partial charge is 0.0445 e. The standard InChI is InChI=1S/C17H28N2O/c1-4-16(18-17(11-12-20)14-5-6-14)13-7-9-15(10-8-13)19(2)3/h7-10,14,16-18,20H,4-6,11-12H2,1-3H3. The summed E-state index contributed by atoms with van der Waals surface area (Å²) in [5, 5.41) is 13.0. The van der Waals surface area contributed by atoms with Crippen molar-refractivity contribution in [2.45, 2.75) is 44.7 Å². The van der Waals surface area contributed by atoms with Crippen molar-refractivity contribution in [3.63, 3.8) is 0 Å². The van der Waals surface area contributed by atoms with E-state index in [1.54, 1.807) is 0 Å². The van der Waals surface area contributed by atoms with Crippen molar-refractivity contribution in [2.24, 2.45) is 5.92 Å². The normalized spacial score (nSPS) is 17.8. The fourth-order valence-corrected chi connectivity index (χ4v) is 2.81. The zero-order valence-electron chi connectivity index (χ0n) is 13.0. The second-order valence-electron chi connectivity index (χ2n) is 6.07. The van der Waals surface area contributed by atoms with Crippen molar-refractivity contribution in [3.8, 4) is 0 Å². The van der Waals surface area contributed by atoms with Crippen LogP contribution in [-0.4, -0.2) is 31.9 Å². The molecule has 1 saturated carbocycles. The first-order chi connectivity index (χ1) is 9.65. The van der Waals surface area contributed by atoms with Gasteiger partial charge in [0.25, 0.3) is 0 Å². The van der Waals surface area contributed by atoms with E-state index in [-0.39, 0.29) is 6.61 Å². The predicted octanol–water partition coefficient (Wildman–Crippen LogP) is 2.95. The van der Waals surface area contributed by atoms with Gasteiger partial charge in [-0.25, -0.2) is 0 Å². The van der Waals surface area contributed by atoms with Gasteiger partial charge in [-0.05, 0) is 49.3 Å². The van der Waals surface area contributed by atoms with Crippen molar-refractivity contribution < 1.29 is 5.11 Å². The van der Waals surface area contributed by atoms with Crippen LogP contribution in [0.1, 0.15) is 44.2 Å². The van der Waals surface area contributed by atoms with Gasteiger partial charge >= 0.3 is 0 Å². The molecule has 0 heterocycles. The van der Waals surface area contributed by atoms with Gasteiger partial charge in [-0.15, -0.1) is 0 Å². The van der Waals surface area contributed by atoms with Crippen molar-refractivity contribution in [1.82, 2.24) is 5.32 Å². The predicted molar refractivity (Wildman–Crippen MR) is 85.2 cm³/mol. The Balaban J connectivity index is 2.02. The zero-order valence-corrected chi connectivity index (χ0v) is 13.0. The minimum Gasteiger partial charge on any atom is -0.396 e. The van der Waals surface area contributed by atoms with E-state index in [1.807, 2.05) is 0 Å². The van der Waals surface area contributed by atoms with Crippen molar-refractivity contribution in [3.05, 3.63) is 29.8 Å². The molecule has 2 unspecified atom stereocenters. The molecule has 2 N–H and O–H groups in total. The lowest BCUT2D eigenvalue weighted by atomic mass is 10.0. The monoisotopic (exact) mass is 276 g/mol. The van der Waals surface area contributed by atoms with E-state index < -0.39 is 0 Å². The Bertz CT molecular complexity index is 398. The lowest BCUT2D eigenvalue weighted by molar-refractivity contribution is 0.247. The van der Waals surface area contributed by atoms with E-state index in [1.165, 1.54) is 24.1 Å². The van der Waals surface area contributed by atoms with E-state index in [9.17, 15) is 5.11 Å². The van der Waals surface area contributed by atoms with Gasteiger partial charge in [-0.3, -0.25) is 0 Å². The zero-order chi connectivity index (χ0) is 14.5. The summed E-state index contributed by atoms with van der Waals surface area (Å²) in [4.78, 5) is 2.12. The summed E-state index contributed by atoms with van der Waals surface area (Å²) in [5.41, 5.74) is 2.58. The molecule has 2 rings (SSSR count). The summed E-state index contributed by atoms with van der Waals surface area (Å²) >= 11 is 0. The summed E-state index contributed by atoms with van der Waals surface area (Å²) in [6.45, 7) is 2.50. The number of hydrogen-bond donors (Lipinski definition) is 2. The third kappa shape index (κ3) is 3.97. The topological polar surface area (TPSA) is 35.5 Å². The maximum Gasteiger partial charge on any atom is 0.0445 e. The average Bonchev–Trinajstić information content (AvgIpc) is 3.28. The van der Waals surface area contributed by atoms with Crippen LogP contribution in [0.5, 0.6) is 0 Å². The number of aliphatic hydroxyl groups excluding tert-OH is 1. The van der Waals surface area contributed by atoms with Crippen LogP contribution in [0.2, 0.25) is 0 Å². The fraction of sp³-hybridized carbons (Fsp3) is 0.647. The van der Waals surface area contributed by atoms with Crippen LogP contribution >= 0.6 is 0 Å². The third-order valence-electron chi connectivity index (χ3n) is 4.27. The summed E-state index contributed by atoms with van der Waals surface area (Å²) in [5.74, 6) is 0.775. The third-order valence-corrected chi connectivity index (χ3v) is 4.27. The molecule has 0 bridgehead atoms. The van der Waals surface area contributed by atoms with Gasteiger partial charge in [0.15, 0.2) is 0 Å². The Morgan fingerprint density at radius 2 is 1.90 bits per heavy atom. The molecule has 1 aliphatic carbocycles. The van der Waals surface area contributed by atoms with E-state index >= 15 is 0 Å². The number of rotatable bonds is 8. The molecule has 0 aromatic heterocycles. The molecule has 0 amide bonds. The van der Waals surface area contributed by atoms with Crippen molar-refractivity contribution in [2.75, 3.05) is 25.6 Å². The first-order valence-electron chi connectivity index (χ1n) is 7.80. The summed E-state index contributed by atoms with van der Waals surface area (Å²) in [7, 11) is 4.13. The minimum atomic E-state index is 0.282. The highest BCUT2D eigenvalue weighted by Gasteiger charge is 2.31. The van der Waals surface area contributed by atoms with Crippen LogP contribution in [0.25, 0.3) is 0 Å². The van der Waals surface area contributed by atoms with E-state index in [0.717, 1.165) is 18.8 Å². The molecule has 2 atom stereocenters. The van der Waals surface area contributed by atoms with Crippen LogP contribution in [0.4, 0.5) is 5.69 Å². The van der Waals surface area contributed by atoms with Crippen LogP contribution in [0.3, 0.4) is 0 Å². The van der Waals surface area contributed by atoms with Crippen LogP contribution < -0.4 is 10.2 Å². The maximum absolute atomic E-state index is 9.22. The molecular weight excluding hydrogens is 248 g/mol. The number of benzene rings is 1. The van der Waals surface area contributed by atoms with Crippen LogP contribution in [0.15, 0.2) is 24.3 Å². The SMILES string of the molecule is CCC(NC(CCO)C1CC1)c1ccc(N(C)C)cc1. The summed E-state index contributed by atoms with van der Waals surface area (Å²) in [6, 6.07) is 9.66. The van der Waals surface area contributed by atoms with Gasteiger partial charge in [0.05, 0.1) is 0 Å². The molecule has 1 aliphatic rings. The molecule has 0 aliphatic heterocycles. The summed E-state index contributed by atoms with van der Waals surface area (Å²) < 4.78 is 0. The Kier molecular flexibility index (Phi) is 5.44. The highest BCUT2D eigenvalue weighted by Crippen LogP contribution is 2.35.